The summed E-state index contributed by atoms with van der Waals surface area (Å²) < 4.78 is 47.8. The Labute approximate surface area is 198 Å². The van der Waals surface area contributed by atoms with Crippen molar-refractivity contribution in [2.24, 2.45) is 0 Å². The lowest BCUT2D eigenvalue weighted by Gasteiger charge is -2.18. The molecule has 1 N–H and O–H groups in total. The summed E-state index contributed by atoms with van der Waals surface area (Å²) >= 11 is 12.6. The van der Waals surface area contributed by atoms with E-state index in [0.717, 1.165) is 5.56 Å². The maximum atomic E-state index is 12.7. The normalized spacial score (nSPS) is 11.4. The minimum Gasteiger partial charge on any atom is -0.454 e. The van der Waals surface area contributed by atoms with Crippen molar-refractivity contribution in [1.82, 2.24) is 4.98 Å². The van der Waals surface area contributed by atoms with Crippen LogP contribution in [0.5, 0.6) is 17.2 Å². The third-order valence-electron chi connectivity index (χ3n) is 4.42. The summed E-state index contributed by atoms with van der Waals surface area (Å²) in [5, 5.41) is 2.93. The van der Waals surface area contributed by atoms with E-state index in [1.165, 1.54) is 30.3 Å². The summed E-state index contributed by atoms with van der Waals surface area (Å²) in [6.07, 6.45) is -1.49. The van der Waals surface area contributed by atoms with E-state index in [-0.39, 0.29) is 45.5 Å². The Morgan fingerprint density at radius 2 is 1.82 bits per heavy atom. The first-order valence-electron chi connectivity index (χ1n) is 9.77. The highest BCUT2D eigenvalue weighted by atomic mass is 35.5. The Balaban J connectivity index is 1.77. The SMILES string of the molecule is CC(C)c1cc(Oc2c(Cl)cc(NC(=O)Cc3cccnc3)cc2Cl)ccc1OC(F)(F)F. The molecular formula is C23H19Cl2F3N2O3. The number of anilines is 1. The topological polar surface area (TPSA) is 60.5 Å². The standard InChI is InChI=1S/C23H19Cl2F3N2O3/c1-13(2)17-11-16(5-6-20(17)33-23(26,27)28)32-22-18(24)9-15(10-19(22)25)30-21(31)8-14-4-3-7-29-12-14/h3-7,9-13H,8H2,1-2H3,(H,30,31). The highest BCUT2D eigenvalue weighted by molar-refractivity contribution is 6.37. The number of amides is 1. The third-order valence-corrected chi connectivity index (χ3v) is 4.98. The fourth-order valence-corrected chi connectivity index (χ4v) is 3.56. The quantitative estimate of drug-likeness (QED) is 0.369. The van der Waals surface area contributed by atoms with Crippen LogP contribution in [-0.2, 0) is 11.2 Å². The minimum absolute atomic E-state index is 0.0998. The average molecular weight is 499 g/mol. The molecule has 0 fully saturated rings. The van der Waals surface area contributed by atoms with Gasteiger partial charge in [-0.15, -0.1) is 13.2 Å². The van der Waals surface area contributed by atoms with Gasteiger partial charge >= 0.3 is 6.36 Å². The Morgan fingerprint density at radius 3 is 2.39 bits per heavy atom. The summed E-state index contributed by atoms with van der Waals surface area (Å²) in [4.78, 5) is 16.2. The van der Waals surface area contributed by atoms with Gasteiger partial charge in [-0.3, -0.25) is 9.78 Å². The largest absolute Gasteiger partial charge is 0.573 e. The van der Waals surface area contributed by atoms with Crippen molar-refractivity contribution in [2.45, 2.75) is 32.5 Å². The fraction of sp³-hybridized carbons (Fsp3) is 0.217. The van der Waals surface area contributed by atoms with Crippen molar-refractivity contribution >= 4 is 34.8 Å². The van der Waals surface area contributed by atoms with E-state index in [1.807, 2.05) is 0 Å². The Morgan fingerprint density at radius 1 is 1.12 bits per heavy atom. The highest BCUT2D eigenvalue weighted by Gasteiger charge is 2.32. The van der Waals surface area contributed by atoms with E-state index in [9.17, 15) is 18.0 Å². The first kappa shape index (κ1) is 24.7. The van der Waals surface area contributed by atoms with Gasteiger partial charge in [0.05, 0.1) is 16.5 Å². The van der Waals surface area contributed by atoms with Crippen LogP contribution in [-0.4, -0.2) is 17.3 Å². The number of pyridine rings is 1. The van der Waals surface area contributed by atoms with E-state index in [4.69, 9.17) is 27.9 Å². The van der Waals surface area contributed by atoms with Gasteiger partial charge in [0.25, 0.3) is 0 Å². The average Bonchev–Trinajstić information content (AvgIpc) is 2.71. The van der Waals surface area contributed by atoms with E-state index in [0.29, 0.717) is 11.3 Å². The van der Waals surface area contributed by atoms with Crippen LogP contribution >= 0.6 is 23.2 Å². The number of hydrogen-bond donors (Lipinski definition) is 1. The Kier molecular flexibility index (Phi) is 7.71. The summed E-state index contributed by atoms with van der Waals surface area (Å²) in [5.74, 6) is -0.540. The van der Waals surface area contributed by atoms with Crippen LogP contribution in [0.4, 0.5) is 18.9 Å². The lowest BCUT2D eigenvalue weighted by Crippen LogP contribution is -2.18. The van der Waals surface area contributed by atoms with E-state index < -0.39 is 6.36 Å². The molecule has 0 radical (unpaired) electrons. The monoisotopic (exact) mass is 498 g/mol. The summed E-state index contributed by atoms with van der Waals surface area (Å²) in [5.41, 5.74) is 1.41. The van der Waals surface area contributed by atoms with Crippen molar-refractivity contribution in [2.75, 3.05) is 5.32 Å². The first-order valence-corrected chi connectivity index (χ1v) is 10.5. The number of ether oxygens (including phenoxy) is 2. The zero-order valence-corrected chi connectivity index (χ0v) is 19.1. The number of carbonyl (C=O) groups excluding carboxylic acids is 1. The molecule has 0 spiro atoms. The number of nitrogens with zero attached hydrogens (tertiary/aromatic N) is 1. The number of hydrogen-bond acceptors (Lipinski definition) is 4. The number of benzene rings is 2. The molecule has 1 heterocycles. The molecule has 0 atom stereocenters. The number of alkyl halides is 3. The zero-order valence-electron chi connectivity index (χ0n) is 17.5. The number of nitrogens with one attached hydrogen (secondary N) is 1. The van der Waals surface area contributed by atoms with Crippen LogP contribution in [0.1, 0.15) is 30.9 Å². The lowest BCUT2D eigenvalue weighted by molar-refractivity contribution is -0.275. The van der Waals surface area contributed by atoms with Crippen LogP contribution in [0.3, 0.4) is 0 Å². The molecule has 3 aromatic rings. The van der Waals surface area contributed by atoms with Crippen molar-refractivity contribution < 1.29 is 27.4 Å². The lowest BCUT2D eigenvalue weighted by atomic mass is 10.0. The highest BCUT2D eigenvalue weighted by Crippen LogP contribution is 2.41. The molecule has 0 bridgehead atoms. The molecule has 0 aliphatic rings. The van der Waals surface area contributed by atoms with Gasteiger partial charge in [0, 0.05) is 23.6 Å². The van der Waals surface area contributed by atoms with Gasteiger partial charge in [-0.2, -0.15) is 0 Å². The van der Waals surface area contributed by atoms with Gasteiger partial charge in [-0.25, -0.2) is 0 Å². The summed E-state index contributed by atoms with van der Waals surface area (Å²) in [7, 11) is 0. The molecule has 0 saturated carbocycles. The van der Waals surface area contributed by atoms with Crippen molar-refractivity contribution in [3.8, 4) is 17.2 Å². The third kappa shape index (κ3) is 7.00. The van der Waals surface area contributed by atoms with Gasteiger partial charge in [0.2, 0.25) is 5.91 Å². The second-order valence-corrected chi connectivity index (χ2v) is 8.17. The molecule has 5 nitrogen and oxygen atoms in total. The molecule has 33 heavy (non-hydrogen) atoms. The number of rotatable bonds is 7. The van der Waals surface area contributed by atoms with Gasteiger partial charge < -0.3 is 14.8 Å². The van der Waals surface area contributed by atoms with Gasteiger partial charge in [0.15, 0.2) is 5.75 Å². The molecule has 174 valence electrons. The second-order valence-electron chi connectivity index (χ2n) is 7.36. The van der Waals surface area contributed by atoms with Crippen LogP contribution in [0.25, 0.3) is 0 Å². The maximum absolute atomic E-state index is 12.7. The molecule has 0 aliphatic carbocycles. The molecular weight excluding hydrogens is 480 g/mol. The smallest absolute Gasteiger partial charge is 0.454 e. The van der Waals surface area contributed by atoms with Crippen molar-refractivity contribution in [3.63, 3.8) is 0 Å². The Bertz CT molecular complexity index is 1120. The molecule has 10 heteroatoms. The minimum atomic E-state index is -4.81. The van der Waals surface area contributed by atoms with Gasteiger partial charge in [-0.05, 0) is 47.9 Å². The zero-order chi connectivity index (χ0) is 24.2. The Hall–Kier alpha value is -2.97. The van der Waals surface area contributed by atoms with Crippen molar-refractivity contribution in [1.29, 1.82) is 0 Å². The van der Waals surface area contributed by atoms with Gasteiger partial charge in [0.1, 0.15) is 11.5 Å². The number of aromatic nitrogens is 1. The van der Waals surface area contributed by atoms with E-state index in [1.54, 1.807) is 38.4 Å². The predicted octanol–water partition coefficient (Wildman–Crippen LogP) is 7.38. The molecule has 3 rings (SSSR count). The van der Waals surface area contributed by atoms with Crippen LogP contribution in [0.2, 0.25) is 10.0 Å². The molecule has 0 unspecified atom stereocenters. The van der Waals surface area contributed by atoms with E-state index >= 15 is 0 Å². The van der Waals surface area contributed by atoms with E-state index in [2.05, 4.69) is 15.0 Å². The van der Waals surface area contributed by atoms with Crippen LogP contribution in [0.15, 0.2) is 54.9 Å². The summed E-state index contributed by atoms with van der Waals surface area (Å²) in [6, 6.07) is 10.4. The predicted molar refractivity (Wildman–Crippen MR) is 120 cm³/mol. The summed E-state index contributed by atoms with van der Waals surface area (Å²) in [6.45, 7) is 3.45. The van der Waals surface area contributed by atoms with Gasteiger partial charge in [-0.1, -0.05) is 43.1 Å². The molecule has 1 amide bonds. The molecule has 2 aromatic carbocycles. The molecule has 0 aliphatic heterocycles. The number of carbonyl (C=O) groups is 1. The van der Waals surface area contributed by atoms with Crippen LogP contribution < -0.4 is 14.8 Å². The number of halogens is 5. The maximum Gasteiger partial charge on any atom is 0.573 e. The first-order chi connectivity index (χ1) is 15.5. The fourth-order valence-electron chi connectivity index (χ4n) is 3.00. The van der Waals surface area contributed by atoms with Crippen molar-refractivity contribution in [3.05, 3.63) is 76.0 Å². The van der Waals surface area contributed by atoms with Crippen LogP contribution in [0, 0.1) is 0 Å². The molecule has 1 aromatic heterocycles. The molecule has 0 saturated heterocycles. The second kappa shape index (κ2) is 10.3.